The Kier molecular flexibility index (Phi) is 4.13. The van der Waals surface area contributed by atoms with Crippen LogP contribution in [0.25, 0.3) is 22.3 Å². The van der Waals surface area contributed by atoms with Gasteiger partial charge < -0.3 is 9.47 Å². The lowest BCUT2D eigenvalue weighted by Gasteiger charge is -2.09. The first kappa shape index (κ1) is 15.0. The van der Waals surface area contributed by atoms with E-state index in [1.807, 2.05) is 44.4 Å². The Hall–Kier alpha value is -1.92. The van der Waals surface area contributed by atoms with Crippen molar-refractivity contribution in [3.63, 3.8) is 0 Å². The molecule has 0 amide bonds. The molecule has 0 saturated carbocycles. The molecule has 0 spiro atoms. The summed E-state index contributed by atoms with van der Waals surface area (Å²) in [5.41, 5.74) is 4.80. The number of hydrogen-bond donors (Lipinski definition) is 0. The van der Waals surface area contributed by atoms with E-state index in [9.17, 15) is 0 Å². The first-order chi connectivity index (χ1) is 10.6. The van der Waals surface area contributed by atoms with Gasteiger partial charge in [0.1, 0.15) is 16.8 Å². The summed E-state index contributed by atoms with van der Waals surface area (Å²) in [6.07, 6.45) is 1.92. The monoisotopic (exact) mass is 361 g/mol. The van der Waals surface area contributed by atoms with Gasteiger partial charge in [0.25, 0.3) is 0 Å². The van der Waals surface area contributed by atoms with E-state index in [4.69, 9.17) is 14.5 Å². The van der Waals surface area contributed by atoms with E-state index in [2.05, 4.69) is 21.0 Å². The molecular formula is C16H16BrN3O2. The Morgan fingerprint density at radius 1 is 1.27 bits per heavy atom. The van der Waals surface area contributed by atoms with Crippen molar-refractivity contribution in [2.75, 3.05) is 13.9 Å². The van der Waals surface area contributed by atoms with Crippen LogP contribution in [0.3, 0.4) is 0 Å². The van der Waals surface area contributed by atoms with E-state index in [1.165, 1.54) is 0 Å². The van der Waals surface area contributed by atoms with Crippen LogP contribution < -0.4 is 4.74 Å². The van der Waals surface area contributed by atoms with Gasteiger partial charge in [-0.15, -0.1) is 0 Å². The van der Waals surface area contributed by atoms with Crippen molar-refractivity contribution in [3.8, 4) is 17.0 Å². The number of aromatic nitrogens is 3. The summed E-state index contributed by atoms with van der Waals surface area (Å²) in [7, 11) is 3.50. The number of fused-ring (bicyclic) bond motifs is 1. The molecule has 0 N–H and O–H groups in total. The van der Waals surface area contributed by atoms with Gasteiger partial charge in [0, 0.05) is 19.7 Å². The van der Waals surface area contributed by atoms with Gasteiger partial charge in [-0.2, -0.15) is 5.10 Å². The Bertz CT molecular complexity index is 830. The number of halogens is 1. The molecule has 3 rings (SSSR count). The van der Waals surface area contributed by atoms with Crippen LogP contribution in [0.4, 0.5) is 0 Å². The highest BCUT2D eigenvalue weighted by atomic mass is 79.9. The van der Waals surface area contributed by atoms with E-state index in [1.54, 1.807) is 11.8 Å². The minimum atomic E-state index is 0.205. The van der Waals surface area contributed by atoms with Crippen LogP contribution in [0.15, 0.2) is 34.9 Å². The predicted octanol–water partition coefficient (Wildman–Crippen LogP) is 3.69. The van der Waals surface area contributed by atoms with E-state index < -0.39 is 0 Å². The molecule has 2 heterocycles. The maximum Gasteiger partial charge on any atom is 0.188 e. The molecule has 1 aromatic carbocycles. The van der Waals surface area contributed by atoms with Gasteiger partial charge >= 0.3 is 0 Å². The minimum Gasteiger partial charge on any atom is -0.466 e. The summed E-state index contributed by atoms with van der Waals surface area (Å²) in [5, 5.41) is 4.43. The lowest BCUT2D eigenvalue weighted by molar-refractivity contribution is 0.0506. The smallest absolute Gasteiger partial charge is 0.188 e. The summed E-state index contributed by atoms with van der Waals surface area (Å²) >= 11 is 3.48. The highest BCUT2D eigenvalue weighted by Gasteiger charge is 2.10. The topological polar surface area (TPSA) is 49.2 Å². The fourth-order valence-corrected chi connectivity index (χ4v) is 2.68. The lowest BCUT2D eigenvalue weighted by Crippen LogP contribution is -1.99. The largest absolute Gasteiger partial charge is 0.466 e. The summed E-state index contributed by atoms with van der Waals surface area (Å²) < 4.78 is 13.2. The number of hydrogen-bond acceptors (Lipinski definition) is 4. The number of aryl methyl sites for hydroxylation is 2. The number of pyridine rings is 1. The third-order valence-electron chi connectivity index (χ3n) is 3.34. The van der Waals surface area contributed by atoms with Gasteiger partial charge in [-0.3, -0.25) is 4.68 Å². The SMILES string of the molecule is COCOc1cc(-c2cc(C)c3nn(C)cc3n2)ccc1Br. The van der Waals surface area contributed by atoms with Gasteiger partial charge in [-0.1, -0.05) is 6.07 Å². The molecule has 0 bridgehead atoms. The third-order valence-corrected chi connectivity index (χ3v) is 3.99. The van der Waals surface area contributed by atoms with E-state index in [0.29, 0.717) is 0 Å². The average Bonchev–Trinajstić information content (AvgIpc) is 2.87. The van der Waals surface area contributed by atoms with Gasteiger partial charge in [0.05, 0.1) is 16.4 Å². The van der Waals surface area contributed by atoms with E-state index >= 15 is 0 Å². The quantitative estimate of drug-likeness (QED) is 0.665. The Morgan fingerprint density at radius 3 is 2.86 bits per heavy atom. The number of benzene rings is 1. The van der Waals surface area contributed by atoms with Gasteiger partial charge in [-0.05, 0) is 46.6 Å². The second-order valence-corrected chi connectivity index (χ2v) is 5.91. The normalized spacial score (nSPS) is 11.1. The van der Waals surface area contributed by atoms with Crippen molar-refractivity contribution in [2.24, 2.45) is 7.05 Å². The molecule has 0 saturated heterocycles. The van der Waals surface area contributed by atoms with Crippen molar-refractivity contribution in [3.05, 3.63) is 40.5 Å². The fourth-order valence-electron chi connectivity index (χ4n) is 2.32. The van der Waals surface area contributed by atoms with Crippen LogP contribution in [0, 0.1) is 6.92 Å². The molecule has 0 atom stereocenters. The molecule has 0 aliphatic heterocycles. The molecule has 0 radical (unpaired) electrons. The second-order valence-electron chi connectivity index (χ2n) is 5.06. The van der Waals surface area contributed by atoms with Crippen molar-refractivity contribution in [2.45, 2.75) is 6.92 Å². The highest BCUT2D eigenvalue weighted by molar-refractivity contribution is 9.10. The van der Waals surface area contributed by atoms with Crippen molar-refractivity contribution < 1.29 is 9.47 Å². The van der Waals surface area contributed by atoms with Gasteiger partial charge in [0.15, 0.2) is 6.79 Å². The van der Waals surface area contributed by atoms with Crippen LogP contribution in [0.1, 0.15) is 5.56 Å². The molecule has 0 aliphatic carbocycles. The lowest BCUT2D eigenvalue weighted by atomic mass is 10.1. The zero-order valence-corrected chi connectivity index (χ0v) is 14.2. The van der Waals surface area contributed by atoms with Crippen LogP contribution in [0.5, 0.6) is 5.75 Å². The minimum absolute atomic E-state index is 0.205. The van der Waals surface area contributed by atoms with Gasteiger partial charge in [-0.25, -0.2) is 4.98 Å². The average molecular weight is 362 g/mol. The molecule has 114 valence electrons. The fraction of sp³-hybridized carbons (Fsp3) is 0.250. The van der Waals surface area contributed by atoms with Crippen molar-refractivity contribution in [1.29, 1.82) is 0 Å². The molecular weight excluding hydrogens is 346 g/mol. The maximum absolute atomic E-state index is 5.56. The van der Waals surface area contributed by atoms with Crippen LogP contribution in [-0.2, 0) is 11.8 Å². The van der Waals surface area contributed by atoms with Crippen LogP contribution in [0.2, 0.25) is 0 Å². The first-order valence-corrected chi connectivity index (χ1v) is 7.60. The zero-order chi connectivity index (χ0) is 15.7. The number of rotatable bonds is 4. The van der Waals surface area contributed by atoms with E-state index in [-0.39, 0.29) is 6.79 Å². The molecule has 22 heavy (non-hydrogen) atoms. The summed E-state index contributed by atoms with van der Waals surface area (Å²) in [6, 6.07) is 7.95. The van der Waals surface area contributed by atoms with Gasteiger partial charge in [0.2, 0.25) is 0 Å². The molecule has 6 heteroatoms. The summed E-state index contributed by atoms with van der Waals surface area (Å²) in [4.78, 5) is 4.69. The predicted molar refractivity (Wildman–Crippen MR) is 88.9 cm³/mol. The molecule has 0 aliphatic rings. The zero-order valence-electron chi connectivity index (χ0n) is 12.6. The van der Waals surface area contributed by atoms with Crippen molar-refractivity contribution >= 4 is 27.0 Å². The number of ether oxygens (including phenoxy) is 2. The van der Waals surface area contributed by atoms with E-state index in [0.717, 1.165) is 38.1 Å². The molecule has 5 nitrogen and oxygen atoms in total. The Labute approximate surface area is 137 Å². The Morgan fingerprint density at radius 2 is 2.09 bits per heavy atom. The third kappa shape index (κ3) is 2.84. The molecule has 0 fully saturated rings. The summed E-state index contributed by atoms with van der Waals surface area (Å²) in [5.74, 6) is 0.727. The van der Waals surface area contributed by atoms with Crippen molar-refractivity contribution in [1.82, 2.24) is 14.8 Å². The molecule has 2 aromatic heterocycles. The Balaban J connectivity index is 2.06. The molecule has 3 aromatic rings. The standard InChI is InChI=1S/C16H16BrN3O2/c1-10-6-13(18-14-8-20(2)19-16(10)14)11-4-5-12(17)15(7-11)22-9-21-3/h4-8H,9H2,1-3H3. The van der Waals surface area contributed by atoms with Crippen LogP contribution >= 0.6 is 15.9 Å². The first-order valence-electron chi connectivity index (χ1n) is 6.81. The van der Waals surface area contributed by atoms with Crippen LogP contribution in [-0.4, -0.2) is 28.7 Å². The number of nitrogens with zero attached hydrogens (tertiary/aromatic N) is 3. The maximum atomic E-state index is 5.56. The number of methoxy groups -OCH3 is 1. The summed E-state index contributed by atoms with van der Waals surface area (Å²) in [6.45, 7) is 2.25. The highest BCUT2D eigenvalue weighted by Crippen LogP contribution is 2.31. The second kappa shape index (κ2) is 6.06. The molecule has 0 unspecified atom stereocenters.